The van der Waals surface area contributed by atoms with E-state index in [2.05, 4.69) is 84.3 Å². The summed E-state index contributed by atoms with van der Waals surface area (Å²) in [6.07, 6.45) is 0. The summed E-state index contributed by atoms with van der Waals surface area (Å²) in [4.78, 5) is 0. The Balaban J connectivity index is 3.86. The average Bonchev–Trinajstić information content (AvgIpc) is 2.10. The first-order valence-corrected chi connectivity index (χ1v) is 8.10. The van der Waals surface area contributed by atoms with Crippen molar-refractivity contribution in [2.24, 2.45) is 0 Å². The van der Waals surface area contributed by atoms with Crippen LogP contribution in [0.2, 0.25) is 0 Å². The van der Waals surface area contributed by atoms with Crippen LogP contribution in [0.25, 0.3) is 0 Å². The Morgan fingerprint density at radius 3 is 1.45 bits per heavy atom. The van der Waals surface area contributed by atoms with E-state index >= 15 is 0 Å². The Bertz CT molecular complexity index is 470. The molecule has 0 radical (unpaired) electrons. The molecule has 114 valence electrons. The van der Waals surface area contributed by atoms with Crippen LogP contribution in [0.3, 0.4) is 0 Å². The van der Waals surface area contributed by atoms with Crippen molar-refractivity contribution in [2.75, 3.05) is 5.73 Å². The summed E-state index contributed by atoms with van der Waals surface area (Å²) in [5.74, 6) is 0. The maximum Gasteiger partial charge on any atom is 0.0401 e. The molecule has 0 aromatic heterocycles. The van der Waals surface area contributed by atoms with Crippen LogP contribution in [-0.4, -0.2) is 0 Å². The maximum atomic E-state index is 6.54. The Morgan fingerprint density at radius 1 is 0.750 bits per heavy atom. The first kappa shape index (κ1) is 17.6. The first-order valence-electron chi connectivity index (χ1n) is 7.31. The van der Waals surface area contributed by atoms with E-state index in [4.69, 9.17) is 5.73 Å². The minimum absolute atomic E-state index is 0.0180. The van der Waals surface area contributed by atoms with E-state index in [0.29, 0.717) is 0 Å². The van der Waals surface area contributed by atoms with Gasteiger partial charge in [-0.1, -0.05) is 84.3 Å². The van der Waals surface area contributed by atoms with Crippen molar-refractivity contribution >= 4 is 21.6 Å². The summed E-state index contributed by atoms with van der Waals surface area (Å²) in [6, 6.07) is 2.29. The molecule has 0 heterocycles. The zero-order chi connectivity index (χ0) is 16.1. The molecule has 0 amide bonds. The zero-order valence-corrected chi connectivity index (χ0v) is 16.1. The molecule has 0 saturated heterocycles. The standard InChI is InChI=1S/C18H30BrN/c1-16(2,3)11-10-12(17(4,5)6)15(20)13(14(11)19)18(7,8)9/h10H,20H2,1-9H3. The highest BCUT2D eigenvalue weighted by Gasteiger charge is 2.31. The third kappa shape index (κ3) is 3.39. The van der Waals surface area contributed by atoms with E-state index in [0.717, 1.165) is 5.69 Å². The molecule has 0 atom stereocenters. The van der Waals surface area contributed by atoms with E-state index < -0.39 is 0 Å². The van der Waals surface area contributed by atoms with Gasteiger partial charge < -0.3 is 5.73 Å². The van der Waals surface area contributed by atoms with E-state index in [1.165, 1.54) is 21.2 Å². The Morgan fingerprint density at radius 2 is 1.15 bits per heavy atom. The molecule has 2 N–H and O–H groups in total. The van der Waals surface area contributed by atoms with Crippen LogP contribution in [0.15, 0.2) is 10.5 Å². The van der Waals surface area contributed by atoms with Crippen molar-refractivity contribution in [3.8, 4) is 0 Å². The van der Waals surface area contributed by atoms with Crippen molar-refractivity contribution in [3.05, 3.63) is 27.2 Å². The van der Waals surface area contributed by atoms with Crippen molar-refractivity contribution in [3.63, 3.8) is 0 Å². The lowest BCUT2D eigenvalue weighted by atomic mass is 9.74. The van der Waals surface area contributed by atoms with Crippen molar-refractivity contribution in [2.45, 2.75) is 78.6 Å². The van der Waals surface area contributed by atoms with Gasteiger partial charge in [0, 0.05) is 10.2 Å². The molecule has 0 fully saturated rings. The Hall–Kier alpha value is -0.500. The third-order valence-corrected chi connectivity index (χ3v) is 4.49. The van der Waals surface area contributed by atoms with Crippen LogP contribution in [0.1, 0.15) is 79.0 Å². The van der Waals surface area contributed by atoms with Gasteiger partial charge in [0.15, 0.2) is 0 Å². The van der Waals surface area contributed by atoms with Crippen molar-refractivity contribution in [1.82, 2.24) is 0 Å². The molecule has 1 nitrogen and oxygen atoms in total. The number of hydrogen-bond acceptors (Lipinski definition) is 1. The predicted molar refractivity (Wildman–Crippen MR) is 94.7 cm³/mol. The topological polar surface area (TPSA) is 26.0 Å². The zero-order valence-electron chi connectivity index (χ0n) is 14.5. The molecule has 0 bridgehead atoms. The van der Waals surface area contributed by atoms with Gasteiger partial charge in [-0.25, -0.2) is 0 Å². The maximum absolute atomic E-state index is 6.54. The normalized spacial score (nSPS) is 13.7. The van der Waals surface area contributed by atoms with Gasteiger partial charge in [0.25, 0.3) is 0 Å². The van der Waals surface area contributed by atoms with E-state index in [-0.39, 0.29) is 16.2 Å². The summed E-state index contributed by atoms with van der Waals surface area (Å²) < 4.78 is 1.17. The lowest BCUT2D eigenvalue weighted by molar-refractivity contribution is 0.547. The lowest BCUT2D eigenvalue weighted by Crippen LogP contribution is -2.24. The van der Waals surface area contributed by atoms with Crippen LogP contribution in [-0.2, 0) is 16.2 Å². The fraction of sp³-hybridized carbons (Fsp3) is 0.667. The smallest absolute Gasteiger partial charge is 0.0401 e. The molecule has 0 aliphatic carbocycles. The number of nitrogen functional groups attached to an aromatic ring is 1. The number of benzene rings is 1. The number of hydrogen-bond donors (Lipinski definition) is 1. The van der Waals surface area contributed by atoms with Crippen LogP contribution in [0.4, 0.5) is 5.69 Å². The van der Waals surface area contributed by atoms with Crippen LogP contribution >= 0.6 is 15.9 Å². The van der Waals surface area contributed by atoms with Gasteiger partial charge in [-0.15, -0.1) is 0 Å². The van der Waals surface area contributed by atoms with Crippen LogP contribution < -0.4 is 5.73 Å². The summed E-state index contributed by atoms with van der Waals surface area (Å²) >= 11 is 3.82. The molecular formula is C18H30BrN. The summed E-state index contributed by atoms with van der Waals surface area (Å²) in [6.45, 7) is 20.1. The highest BCUT2D eigenvalue weighted by Crippen LogP contribution is 2.45. The summed E-state index contributed by atoms with van der Waals surface area (Å²) in [7, 11) is 0. The van der Waals surface area contributed by atoms with E-state index in [1.54, 1.807) is 0 Å². The van der Waals surface area contributed by atoms with Gasteiger partial charge in [0.2, 0.25) is 0 Å². The minimum atomic E-state index is 0.0180. The monoisotopic (exact) mass is 339 g/mol. The van der Waals surface area contributed by atoms with Gasteiger partial charge >= 0.3 is 0 Å². The molecule has 1 aromatic rings. The first-order chi connectivity index (χ1) is 8.67. The van der Waals surface area contributed by atoms with Crippen molar-refractivity contribution < 1.29 is 0 Å². The van der Waals surface area contributed by atoms with Crippen LogP contribution in [0, 0.1) is 0 Å². The molecule has 0 spiro atoms. The molecule has 2 heteroatoms. The second-order valence-corrected chi connectivity index (χ2v) is 9.62. The van der Waals surface area contributed by atoms with Gasteiger partial charge in [-0.3, -0.25) is 0 Å². The second kappa shape index (κ2) is 5.05. The quantitative estimate of drug-likeness (QED) is 0.583. The Labute approximate surface area is 133 Å². The fourth-order valence-electron chi connectivity index (χ4n) is 2.57. The van der Waals surface area contributed by atoms with E-state index in [9.17, 15) is 0 Å². The molecule has 0 unspecified atom stereocenters. The molecular weight excluding hydrogens is 310 g/mol. The highest BCUT2D eigenvalue weighted by atomic mass is 79.9. The molecule has 0 saturated carbocycles. The highest BCUT2D eigenvalue weighted by molar-refractivity contribution is 9.10. The van der Waals surface area contributed by atoms with Gasteiger partial charge in [-0.05, 0) is 32.9 Å². The number of anilines is 1. The summed E-state index contributed by atoms with van der Waals surface area (Å²) in [5.41, 5.74) is 11.4. The second-order valence-electron chi connectivity index (χ2n) is 8.82. The van der Waals surface area contributed by atoms with Gasteiger partial charge in [0.05, 0.1) is 0 Å². The largest absolute Gasteiger partial charge is 0.398 e. The fourth-order valence-corrected chi connectivity index (χ4v) is 4.09. The number of rotatable bonds is 0. The number of nitrogens with two attached hydrogens (primary N) is 1. The predicted octanol–water partition coefficient (Wildman–Crippen LogP) is 5.92. The molecule has 0 aliphatic heterocycles. The van der Waals surface area contributed by atoms with Crippen molar-refractivity contribution in [1.29, 1.82) is 0 Å². The Kier molecular flexibility index (Phi) is 4.43. The summed E-state index contributed by atoms with van der Waals surface area (Å²) in [5, 5.41) is 0. The van der Waals surface area contributed by atoms with Gasteiger partial charge in [-0.2, -0.15) is 0 Å². The SMILES string of the molecule is CC(C)(C)c1cc(C(C)(C)C)c(Br)c(C(C)(C)C)c1N. The number of halogens is 1. The lowest BCUT2D eigenvalue weighted by Gasteiger charge is -2.33. The molecule has 20 heavy (non-hydrogen) atoms. The molecule has 1 rings (SSSR count). The van der Waals surface area contributed by atoms with E-state index in [1.807, 2.05) is 0 Å². The third-order valence-electron chi connectivity index (χ3n) is 3.67. The molecule has 1 aromatic carbocycles. The minimum Gasteiger partial charge on any atom is -0.398 e. The van der Waals surface area contributed by atoms with Crippen LogP contribution in [0.5, 0.6) is 0 Å². The van der Waals surface area contributed by atoms with Gasteiger partial charge in [0.1, 0.15) is 0 Å². The average molecular weight is 340 g/mol. The molecule has 0 aliphatic rings.